The van der Waals surface area contributed by atoms with Crippen molar-refractivity contribution in [3.63, 3.8) is 0 Å². The van der Waals surface area contributed by atoms with Crippen LogP contribution in [0.2, 0.25) is 0 Å². The van der Waals surface area contributed by atoms with Crippen LogP contribution in [0, 0.1) is 23.3 Å². The highest BCUT2D eigenvalue weighted by molar-refractivity contribution is 6.13. The Balaban J connectivity index is 2.10. The van der Waals surface area contributed by atoms with Gasteiger partial charge >= 0.3 is 0 Å². The second-order valence-corrected chi connectivity index (χ2v) is 4.93. The zero-order valence-corrected chi connectivity index (χ0v) is 11.9. The molecule has 1 amide bonds. The van der Waals surface area contributed by atoms with Crippen molar-refractivity contribution in [1.29, 1.82) is 0 Å². The summed E-state index contributed by atoms with van der Waals surface area (Å²) >= 11 is 0. The number of fused-ring (bicyclic) bond motifs is 1. The Morgan fingerprint density at radius 3 is 2.25 bits per heavy atom. The Kier molecular flexibility index (Phi) is 3.92. The van der Waals surface area contributed by atoms with E-state index in [0.717, 1.165) is 0 Å². The molecule has 0 aliphatic carbocycles. The Labute approximate surface area is 132 Å². The summed E-state index contributed by atoms with van der Waals surface area (Å²) in [6, 6.07) is 11.0. The number of nitrogens with zero attached hydrogens (tertiary/aromatic N) is 1. The zero-order valence-electron chi connectivity index (χ0n) is 11.9. The summed E-state index contributed by atoms with van der Waals surface area (Å²) in [4.78, 5) is 12.3. The van der Waals surface area contributed by atoms with Crippen LogP contribution in [-0.4, -0.2) is 5.91 Å². The molecule has 0 aromatic heterocycles. The molecule has 0 unspecified atom stereocenters. The maximum absolute atomic E-state index is 14.3. The minimum atomic E-state index is -2.20. The molecule has 7 heteroatoms. The first-order chi connectivity index (χ1) is 11.4. The van der Waals surface area contributed by atoms with Crippen molar-refractivity contribution < 1.29 is 26.8 Å². The Morgan fingerprint density at radius 1 is 0.833 bits per heavy atom. The van der Waals surface area contributed by atoms with Gasteiger partial charge in [0.1, 0.15) is 5.69 Å². The standard InChI is InChI=1S/C17H8F5NO/c18-12-8-13(15(20)16(21)14(12)19)23(22)17(24)11-7-3-5-9-4-1-2-6-10(9)11/h1-8H. The number of carbonyl (C=O) groups excluding carboxylic acids is 1. The first-order valence-electron chi connectivity index (χ1n) is 6.73. The molecule has 0 atom stereocenters. The molecule has 0 aliphatic heterocycles. The fourth-order valence-corrected chi connectivity index (χ4v) is 2.33. The van der Waals surface area contributed by atoms with Crippen LogP contribution in [0.15, 0.2) is 48.5 Å². The number of hydrogen-bond donors (Lipinski definition) is 0. The van der Waals surface area contributed by atoms with Crippen molar-refractivity contribution in [3.8, 4) is 0 Å². The second kappa shape index (κ2) is 5.92. The number of benzene rings is 3. The second-order valence-electron chi connectivity index (χ2n) is 4.93. The number of hydrogen-bond acceptors (Lipinski definition) is 1. The molecule has 0 saturated heterocycles. The van der Waals surface area contributed by atoms with E-state index in [1.165, 1.54) is 12.1 Å². The highest BCUT2D eigenvalue weighted by Gasteiger charge is 2.27. The molecule has 0 bridgehead atoms. The third-order valence-electron chi connectivity index (χ3n) is 3.49. The lowest BCUT2D eigenvalue weighted by Crippen LogP contribution is -2.24. The Hall–Kier alpha value is -2.96. The van der Waals surface area contributed by atoms with Crippen LogP contribution in [-0.2, 0) is 0 Å². The molecule has 0 N–H and O–H groups in total. The van der Waals surface area contributed by atoms with Gasteiger partial charge in [0, 0.05) is 6.07 Å². The van der Waals surface area contributed by atoms with Gasteiger partial charge in [-0.3, -0.25) is 4.79 Å². The molecule has 0 aliphatic rings. The number of halogens is 5. The van der Waals surface area contributed by atoms with Gasteiger partial charge in [-0.25, -0.2) is 17.6 Å². The monoisotopic (exact) mass is 337 g/mol. The Bertz CT molecular complexity index is 952. The van der Waals surface area contributed by atoms with Gasteiger partial charge in [-0.05, 0) is 16.8 Å². The molecule has 0 saturated carbocycles. The van der Waals surface area contributed by atoms with Crippen molar-refractivity contribution >= 4 is 22.4 Å². The highest BCUT2D eigenvalue weighted by atomic mass is 19.2. The SMILES string of the molecule is O=C(c1cccc2ccccc12)N(F)c1cc(F)c(F)c(F)c1F. The highest BCUT2D eigenvalue weighted by Crippen LogP contribution is 2.29. The van der Waals surface area contributed by atoms with Gasteiger partial charge in [-0.15, -0.1) is 5.12 Å². The minimum absolute atomic E-state index is 0.0801. The molecule has 3 aromatic rings. The van der Waals surface area contributed by atoms with Crippen molar-refractivity contribution in [2.75, 3.05) is 5.12 Å². The predicted octanol–water partition coefficient (Wildman–Crippen LogP) is 4.93. The summed E-state index contributed by atoms with van der Waals surface area (Å²) in [7, 11) is 0. The first kappa shape index (κ1) is 15.9. The molecule has 0 fully saturated rings. The van der Waals surface area contributed by atoms with Crippen molar-refractivity contribution in [3.05, 3.63) is 77.4 Å². The lowest BCUT2D eigenvalue weighted by molar-refractivity contribution is 0.0931. The van der Waals surface area contributed by atoms with Crippen LogP contribution >= 0.6 is 0 Å². The topological polar surface area (TPSA) is 20.3 Å². The van der Waals surface area contributed by atoms with Crippen molar-refractivity contribution in [2.45, 2.75) is 0 Å². The smallest absolute Gasteiger partial charge is 0.266 e. The molecule has 2 nitrogen and oxygen atoms in total. The van der Waals surface area contributed by atoms with E-state index in [9.17, 15) is 26.8 Å². The summed E-state index contributed by atoms with van der Waals surface area (Å²) in [5.41, 5.74) is -1.48. The molecule has 0 spiro atoms. The molecular weight excluding hydrogens is 329 g/mol. The van der Waals surface area contributed by atoms with E-state index in [1.807, 2.05) is 0 Å². The van der Waals surface area contributed by atoms with E-state index in [-0.39, 0.29) is 11.6 Å². The van der Waals surface area contributed by atoms with Gasteiger partial charge in [0.15, 0.2) is 23.3 Å². The lowest BCUT2D eigenvalue weighted by atomic mass is 10.0. The molecule has 0 heterocycles. The number of anilines is 1. The normalized spacial score (nSPS) is 10.9. The van der Waals surface area contributed by atoms with Crippen LogP contribution in [0.1, 0.15) is 10.4 Å². The average molecular weight is 337 g/mol. The largest absolute Gasteiger partial charge is 0.287 e. The number of rotatable bonds is 2. The van der Waals surface area contributed by atoms with Crippen molar-refractivity contribution in [1.82, 2.24) is 0 Å². The van der Waals surface area contributed by atoms with Gasteiger partial charge in [-0.2, -0.15) is 0 Å². The summed E-state index contributed by atoms with van der Waals surface area (Å²) in [6.45, 7) is 0. The van der Waals surface area contributed by atoms with Crippen LogP contribution in [0.4, 0.5) is 27.7 Å². The van der Waals surface area contributed by atoms with Gasteiger partial charge in [0.05, 0.1) is 5.56 Å². The van der Waals surface area contributed by atoms with Gasteiger partial charge in [0.2, 0.25) is 0 Å². The maximum Gasteiger partial charge on any atom is 0.287 e. The van der Waals surface area contributed by atoms with E-state index in [2.05, 4.69) is 0 Å². The summed E-state index contributed by atoms with van der Waals surface area (Å²) in [5, 5.41) is 0.243. The number of carbonyl (C=O) groups is 1. The summed E-state index contributed by atoms with van der Waals surface area (Å²) in [5.74, 6) is -9.42. The van der Waals surface area contributed by atoms with Crippen LogP contribution in [0.3, 0.4) is 0 Å². The fourth-order valence-electron chi connectivity index (χ4n) is 2.33. The van der Waals surface area contributed by atoms with Crippen LogP contribution < -0.4 is 5.12 Å². The van der Waals surface area contributed by atoms with Gasteiger partial charge in [-0.1, -0.05) is 40.9 Å². The van der Waals surface area contributed by atoms with Crippen LogP contribution in [0.25, 0.3) is 10.8 Å². The van der Waals surface area contributed by atoms with Crippen molar-refractivity contribution in [2.24, 2.45) is 0 Å². The molecule has 0 radical (unpaired) electrons. The first-order valence-corrected chi connectivity index (χ1v) is 6.73. The van der Waals surface area contributed by atoms with E-state index >= 15 is 0 Å². The molecule has 3 aromatic carbocycles. The summed E-state index contributed by atoms with van der Waals surface area (Å²) < 4.78 is 67.4. The maximum atomic E-state index is 14.3. The lowest BCUT2D eigenvalue weighted by Gasteiger charge is -2.15. The molecular formula is C17H8F5NO. The minimum Gasteiger partial charge on any atom is -0.266 e. The third-order valence-corrected chi connectivity index (χ3v) is 3.49. The van der Waals surface area contributed by atoms with Gasteiger partial charge in [0.25, 0.3) is 5.91 Å². The fraction of sp³-hybridized carbons (Fsp3) is 0. The third kappa shape index (κ3) is 2.47. The van der Waals surface area contributed by atoms with Gasteiger partial charge < -0.3 is 0 Å². The van der Waals surface area contributed by atoms with E-state index in [1.54, 1.807) is 30.3 Å². The molecule has 3 rings (SSSR count). The van der Waals surface area contributed by atoms with E-state index in [4.69, 9.17) is 0 Å². The van der Waals surface area contributed by atoms with E-state index in [0.29, 0.717) is 10.8 Å². The quantitative estimate of drug-likeness (QED) is 0.281. The number of amides is 1. The Morgan fingerprint density at radius 2 is 1.50 bits per heavy atom. The molecule has 24 heavy (non-hydrogen) atoms. The average Bonchev–Trinajstić information content (AvgIpc) is 2.61. The summed E-state index contributed by atoms with van der Waals surface area (Å²) in [6.07, 6.45) is 0. The van der Waals surface area contributed by atoms with E-state index < -0.39 is 40.0 Å². The van der Waals surface area contributed by atoms with Crippen LogP contribution in [0.5, 0.6) is 0 Å². The predicted molar refractivity (Wildman–Crippen MR) is 78.1 cm³/mol. The molecule has 122 valence electrons. The zero-order chi connectivity index (χ0) is 17.4.